The summed E-state index contributed by atoms with van der Waals surface area (Å²) in [6.45, 7) is 8.73. The van der Waals surface area contributed by atoms with Crippen molar-refractivity contribution < 1.29 is 4.74 Å². The van der Waals surface area contributed by atoms with E-state index in [-0.39, 0.29) is 0 Å². The first kappa shape index (κ1) is 15.2. The highest BCUT2D eigenvalue weighted by Crippen LogP contribution is 2.19. The summed E-state index contributed by atoms with van der Waals surface area (Å²) in [4.78, 5) is 5.02. The van der Waals surface area contributed by atoms with E-state index in [0.717, 1.165) is 38.8 Å². The smallest absolute Gasteiger partial charge is 0.0521 e. The molecule has 0 aromatic rings. The second kappa shape index (κ2) is 7.58. The first-order chi connectivity index (χ1) is 9.20. The second-order valence-electron chi connectivity index (χ2n) is 6.29. The molecule has 2 rings (SSSR count). The summed E-state index contributed by atoms with van der Waals surface area (Å²) in [6, 6.07) is 1.40. The van der Waals surface area contributed by atoms with Crippen LogP contribution in [0.5, 0.6) is 0 Å². The summed E-state index contributed by atoms with van der Waals surface area (Å²) in [7, 11) is 4.53. The number of nitrogens with one attached hydrogen (secondary N) is 1. The topological polar surface area (TPSA) is 27.7 Å². The molecule has 0 spiro atoms. The number of nitrogens with zero attached hydrogens (tertiary/aromatic N) is 2. The fourth-order valence-corrected chi connectivity index (χ4v) is 3.55. The molecule has 2 heterocycles. The van der Waals surface area contributed by atoms with Crippen LogP contribution in [0.4, 0.5) is 0 Å². The molecule has 2 aliphatic rings. The van der Waals surface area contributed by atoms with Gasteiger partial charge in [-0.2, -0.15) is 0 Å². The van der Waals surface area contributed by atoms with Crippen LogP contribution in [0.2, 0.25) is 0 Å². The summed E-state index contributed by atoms with van der Waals surface area (Å²) in [5.74, 6) is 0.644. The summed E-state index contributed by atoms with van der Waals surface area (Å²) in [5, 5.41) is 3.63. The third-order valence-electron chi connectivity index (χ3n) is 4.68. The van der Waals surface area contributed by atoms with Gasteiger partial charge < -0.3 is 19.9 Å². The third-order valence-corrected chi connectivity index (χ3v) is 4.68. The molecule has 0 aromatic heterocycles. The van der Waals surface area contributed by atoms with Crippen molar-refractivity contribution >= 4 is 0 Å². The third kappa shape index (κ3) is 4.42. The lowest BCUT2D eigenvalue weighted by atomic mass is 9.95. The predicted molar refractivity (Wildman–Crippen MR) is 79.5 cm³/mol. The summed E-state index contributed by atoms with van der Waals surface area (Å²) >= 11 is 0. The molecule has 0 radical (unpaired) electrons. The van der Waals surface area contributed by atoms with E-state index in [4.69, 9.17) is 4.74 Å². The van der Waals surface area contributed by atoms with Gasteiger partial charge in [-0.05, 0) is 46.4 Å². The van der Waals surface area contributed by atoms with Crippen LogP contribution in [0, 0.1) is 5.92 Å². The van der Waals surface area contributed by atoms with Crippen molar-refractivity contribution in [3.63, 3.8) is 0 Å². The molecule has 1 N–H and O–H groups in total. The lowest BCUT2D eigenvalue weighted by Gasteiger charge is -2.36. The molecular formula is C15H31N3O. The van der Waals surface area contributed by atoms with Crippen molar-refractivity contribution in [2.24, 2.45) is 5.92 Å². The Hall–Kier alpha value is -0.160. The molecule has 112 valence electrons. The van der Waals surface area contributed by atoms with Crippen LogP contribution in [-0.2, 0) is 4.74 Å². The molecule has 0 amide bonds. The highest BCUT2D eigenvalue weighted by atomic mass is 16.5. The van der Waals surface area contributed by atoms with E-state index in [0.29, 0.717) is 12.0 Å². The van der Waals surface area contributed by atoms with Crippen molar-refractivity contribution in [2.45, 2.75) is 38.3 Å². The molecule has 2 fully saturated rings. The normalized spacial score (nSPS) is 33.2. The standard InChI is InChI=1S/C15H31N3O/c1-4-16-15-7-9-19-12-13(15)10-17(2)11-14-6-5-8-18(14)3/h13-16H,4-12H2,1-3H3. The Labute approximate surface area is 118 Å². The minimum atomic E-state index is 0.641. The molecule has 19 heavy (non-hydrogen) atoms. The van der Waals surface area contributed by atoms with Gasteiger partial charge >= 0.3 is 0 Å². The summed E-state index contributed by atoms with van der Waals surface area (Å²) in [6.07, 6.45) is 3.88. The van der Waals surface area contributed by atoms with Gasteiger partial charge in [-0.15, -0.1) is 0 Å². The first-order valence-electron chi connectivity index (χ1n) is 7.90. The highest BCUT2D eigenvalue weighted by Gasteiger charge is 2.28. The fourth-order valence-electron chi connectivity index (χ4n) is 3.55. The predicted octanol–water partition coefficient (Wildman–Crippen LogP) is 1.03. The number of likely N-dealkylation sites (N-methyl/N-ethyl adjacent to an activating group) is 2. The average Bonchev–Trinajstić information content (AvgIpc) is 2.78. The minimum Gasteiger partial charge on any atom is -0.381 e. The molecule has 0 bridgehead atoms. The van der Waals surface area contributed by atoms with Gasteiger partial charge in [0.2, 0.25) is 0 Å². The first-order valence-corrected chi connectivity index (χ1v) is 7.90. The van der Waals surface area contributed by atoms with E-state index in [1.165, 1.54) is 25.9 Å². The zero-order valence-electron chi connectivity index (χ0n) is 12.9. The zero-order valence-corrected chi connectivity index (χ0v) is 12.9. The summed E-state index contributed by atoms with van der Waals surface area (Å²) in [5.41, 5.74) is 0. The van der Waals surface area contributed by atoms with Crippen molar-refractivity contribution in [1.29, 1.82) is 0 Å². The van der Waals surface area contributed by atoms with E-state index in [9.17, 15) is 0 Å². The largest absolute Gasteiger partial charge is 0.381 e. The van der Waals surface area contributed by atoms with Crippen LogP contribution >= 0.6 is 0 Å². The van der Waals surface area contributed by atoms with Crippen molar-refractivity contribution in [2.75, 3.05) is 53.5 Å². The summed E-state index contributed by atoms with van der Waals surface area (Å²) < 4.78 is 5.67. The monoisotopic (exact) mass is 269 g/mol. The maximum atomic E-state index is 5.67. The van der Waals surface area contributed by atoms with E-state index < -0.39 is 0 Å². The van der Waals surface area contributed by atoms with Crippen LogP contribution in [0.15, 0.2) is 0 Å². The maximum Gasteiger partial charge on any atom is 0.0521 e. The number of hydrogen-bond donors (Lipinski definition) is 1. The van der Waals surface area contributed by atoms with Gasteiger partial charge in [0, 0.05) is 37.7 Å². The number of rotatable bonds is 6. The van der Waals surface area contributed by atoms with E-state index in [1.807, 2.05) is 0 Å². The fraction of sp³-hybridized carbons (Fsp3) is 1.00. The second-order valence-corrected chi connectivity index (χ2v) is 6.29. The number of likely N-dealkylation sites (tertiary alicyclic amines) is 1. The molecule has 4 heteroatoms. The van der Waals surface area contributed by atoms with Crippen LogP contribution in [0.3, 0.4) is 0 Å². The van der Waals surface area contributed by atoms with Crippen LogP contribution in [0.25, 0.3) is 0 Å². The Kier molecular flexibility index (Phi) is 6.07. The van der Waals surface area contributed by atoms with Gasteiger partial charge in [0.05, 0.1) is 6.61 Å². The van der Waals surface area contributed by atoms with Gasteiger partial charge in [0.25, 0.3) is 0 Å². The Balaban J connectivity index is 1.77. The van der Waals surface area contributed by atoms with Gasteiger partial charge in [0.1, 0.15) is 0 Å². The molecule has 2 saturated heterocycles. The zero-order chi connectivity index (χ0) is 13.7. The molecule has 0 aromatic carbocycles. The van der Waals surface area contributed by atoms with E-state index in [1.54, 1.807) is 0 Å². The van der Waals surface area contributed by atoms with E-state index >= 15 is 0 Å². The molecule has 4 nitrogen and oxygen atoms in total. The Morgan fingerprint density at radius 1 is 1.32 bits per heavy atom. The number of ether oxygens (including phenoxy) is 1. The molecule has 0 saturated carbocycles. The van der Waals surface area contributed by atoms with Gasteiger partial charge in [0.15, 0.2) is 0 Å². The van der Waals surface area contributed by atoms with Gasteiger partial charge in [-0.25, -0.2) is 0 Å². The quantitative estimate of drug-likeness (QED) is 0.779. The van der Waals surface area contributed by atoms with Crippen molar-refractivity contribution in [3.05, 3.63) is 0 Å². The van der Waals surface area contributed by atoms with Crippen LogP contribution < -0.4 is 5.32 Å². The molecule has 0 aliphatic carbocycles. The minimum absolute atomic E-state index is 0.641. The van der Waals surface area contributed by atoms with Crippen LogP contribution in [0.1, 0.15) is 26.2 Å². The van der Waals surface area contributed by atoms with Crippen molar-refractivity contribution in [1.82, 2.24) is 15.1 Å². The average molecular weight is 269 g/mol. The Bertz CT molecular complexity index is 260. The molecule has 3 unspecified atom stereocenters. The maximum absolute atomic E-state index is 5.67. The SMILES string of the molecule is CCNC1CCOCC1CN(C)CC1CCCN1C. The Morgan fingerprint density at radius 2 is 2.16 bits per heavy atom. The van der Waals surface area contributed by atoms with E-state index in [2.05, 4.69) is 36.1 Å². The molecular weight excluding hydrogens is 238 g/mol. The lowest BCUT2D eigenvalue weighted by Crippen LogP contribution is -2.48. The van der Waals surface area contributed by atoms with Gasteiger partial charge in [-0.3, -0.25) is 0 Å². The lowest BCUT2D eigenvalue weighted by molar-refractivity contribution is 0.0181. The Morgan fingerprint density at radius 3 is 2.84 bits per heavy atom. The molecule has 3 atom stereocenters. The highest BCUT2D eigenvalue weighted by molar-refractivity contribution is 4.84. The molecule has 2 aliphatic heterocycles. The number of hydrogen-bond acceptors (Lipinski definition) is 4. The van der Waals surface area contributed by atoms with Gasteiger partial charge in [-0.1, -0.05) is 6.92 Å². The van der Waals surface area contributed by atoms with Crippen LogP contribution in [-0.4, -0.2) is 75.4 Å². The van der Waals surface area contributed by atoms with Crippen molar-refractivity contribution in [3.8, 4) is 0 Å².